The van der Waals surface area contributed by atoms with Crippen LogP contribution < -0.4 is 0 Å². The van der Waals surface area contributed by atoms with E-state index in [2.05, 4.69) is 11.1 Å². The first-order chi connectivity index (χ1) is 7.15. The van der Waals surface area contributed by atoms with E-state index in [0.717, 1.165) is 41.8 Å². The SMILES string of the molecule is Cc1nc(C)c2c(c1C#N)CCCC2O. The summed E-state index contributed by atoms with van der Waals surface area (Å²) in [4.78, 5) is 4.33. The predicted molar refractivity (Wildman–Crippen MR) is 56.3 cm³/mol. The average Bonchev–Trinajstić information content (AvgIpc) is 2.17. The first kappa shape index (κ1) is 10.1. The van der Waals surface area contributed by atoms with Crippen molar-refractivity contribution in [1.29, 1.82) is 5.26 Å². The van der Waals surface area contributed by atoms with E-state index >= 15 is 0 Å². The predicted octanol–water partition coefficient (Wildman–Crippen LogP) is 1.94. The van der Waals surface area contributed by atoms with Crippen LogP contribution in [-0.2, 0) is 6.42 Å². The Balaban J connectivity index is 2.72. The van der Waals surface area contributed by atoms with Gasteiger partial charge in [0.25, 0.3) is 0 Å². The van der Waals surface area contributed by atoms with E-state index in [1.165, 1.54) is 0 Å². The highest BCUT2D eigenvalue weighted by Crippen LogP contribution is 2.33. The maximum Gasteiger partial charge on any atom is 0.101 e. The zero-order valence-corrected chi connectivity index (χ0v) is 9.04. The maximum atomic E-state index is 9.90. The highest BCUT2D eigenvalue weighted by atomic mass is 16.3. The molecule has 1 N–H and O–H groups in total. The molecule has 0 saturated heterocycles. The maximum absolute atomic E-state index is 9.90. The van der Waals surface area contributed by atoms with E-state index < -0.39 is 6.10 Å². The number of pyridine rings is 1. The van der Waals surface area contributed by atoms with Crippen LogP contribution in [0.5, 0.6) is 0 Å². The van der Waals surface area contributed by atoms with Crippen LogP contribution in [0.4, 0.5) is 0 Å². The molecule has 2 rings (SSSR count). The number of aliphatic hydroxyl groups excluding tert-OH is 1. The smallest absolute Gasteiger partial charge is 0.101 e. The van der Waals surface area contributed by atoms with Crippen molar-refractivity contribution in [3.63, 3.8) is 0 Å². The number of nitriles is 1. The van der Waals surface area contributed by atoms with E-state index in [9.17, 15) is 5.11 Å². The fourth-order valence-corrected chi connectivity index (χ4v) is 2.41. The van der Waals surface area contributed by atoms with Gasteiger partial charge in [-0.2, -0.15) is 5.26 Å². The second kappa shape index (κ2) is 3.63. The van der Waals surface area contributed by atoms with Gasteiger partial charge in [-0.15, -0.1) is 0 Å². The van der Waals surface area contributed by atoms with Crippen molar-refractivity contribution in [2.75, 3.05) is 0 Å². The summed E-state index contributed by atoms with van der Waals surface area (Å²) in [5.74, 6) is 0. The highest BCUT2D eigenvalue weighted by molar-refractivity contribution is 5.48. The molecule has 1 unspecified atom stereocenters. The van der Waals surface area contributed by atoms with Crippen molar-refractivity contribution >= 4 is 0 Å². The van der Waals surface area contributed by atoms with Crippen LogP contribution in [0.3, 0.4) is 0 Å². The number of fused-ring (bicyclic) bond motifs is 1. The molecule has 1 aliphatic rings. The lowest BCUT2D eigenvalue weighted by Crippen LogP contribution is -2.15. The van der Waals surface area contributed by atoms with Crippen molar-refractivity contribution in [3.05, 3.63) is 28.1 Å². The Bertz CT molecular complexity index is 446. The van der Waals surface area contributed by atoms with E-state index in [1.54, 1.807) is 0 Å². The molecule has 1 aromatic rings. The third-order valence-corrected chi connectivity index (χ3v) is 3.06. The molecule has 0 bridgehead atoms. The van der Waals surface area contributed by atoms with Gasteiger partial charge in [-0.25, -0.2) is 0 Å². The lowest BCUT2D eigenvalue weighted by Gasteiger charge is -2.24. The molecule has 3 nitrogen and oxygen atoms in total. The van der Waals surface area contributed by atoms with Gasteiger partial charge in [0, 0.05) is 11.3 Å². The van der Waals surface area contributed by atoms with Crippen LogP contribution in [0, 0.1) is 25.2 Å². The number of hydrogen-bond donors (Lipinski definition) is 1. The summed E-state index contributed by atoms with van der Waals surface area (Å²) < 4.78 is 0. The number of aliphatic hydroxyl groups is 1. The van der Waals surface area contributed by atoms with E-state index in [0.29, 0.717) is 5.56 Å². The molecule has 1 aliphatic carbocycles. The van der Waals surface area contributed by atoms with Crippen molar-refractivity contribution < 1.29 is 5.11 Å². The van der Waals surface area contributed by atoms with Gasteiger partial charge in [-0.05, 0) is 38.7 Å². The summed E-state index contributed by atoms with van der Waals surface area (Å²) in [6.45, 7) is 3.76. The van der Waals surface area contributed by atoms with Gasteiger partial charge in [0.15, 0.2) is 0 Å². The Morgan fingerprint density at radius 2 is 2.13 bits per heavy atom. The van der Waals surface area contributed by atoms with Gasteiger partial charge in [0.1, 0.15) is 6.07 Å². The van der Waals surface area contributed by atoms with Crippen molar-refractivity contribution in [1.82, 2.24) is 4.98 Å². The van der Waals surface area contributed by atoms with Gasteiger partial charge < -0.3 is 5.11 Å². The number of aryl methyl sites for hydroxylation is 2. The summed E-state index contributed by atoms with van der Waals surface area (Å²) in [6.07, 6.45) is 2.18. The third-order valence-electron chi connectivity index (χ3n) is 3.06. The van der Waals surface area contributed by atoms with Gasteiger partial charge in [-0.1, -0.05) is 0 Å². The summed E-state index contributed by atoms with van der Waals surface area (Å²) >= 11 is 0. The molecular formula is C12H14N2O. The standard InChI is InChI=1S/C12H14N2O/c1-7-10(6-13)9-4-3-5-11(15)12(9)8(2)14-7/h11,15H,3-5H2,1-2H3. The van der Waals surface area contributed by atoms with Gasteiger partial charge in [0.05, 0.1) is 17.4 Å². The van der Waals surface area contributed by atoms with Crippen LogP contribution in [0.15, 0.2) is 0 Å². The number of hydrogen-bond acceptors (Lipinski definition) is 3. The normalized spacial score (nSPS) is 19.5. The minimum atomic E-state index is -0.436. The quantitative estimate of drug-likeness (QED) is 0.699. The van der Waals surface area contributed by atoms with Crippen LogP contribution >= 0.6 is 0 Å². The largest absolute Gasteiger partial charge is 0.388 e. The Kier molecular flexibility index (Phi) is 2.45. The molecule has 1 atom stereocenters. The zero-order chi connectivity index (χ0) is 11.0. The molecule has 0 radical (unpaired) electrons. The average molecular weight is 202 g/mol. The molecule has 1 aromatic heterocycles. The molecule has 1 heterocycles. The molecule has 0 fully saturated rings. The molecule has 0 aliphatic heterocycles. The summed E-state index contributed by atoms with van der Waals surface area (Å²) in [6, 6.07) is 2.20. The summed E-state index contributed by atoms with van der Waals surface area (Å²) in [7, 11) is 0. The van der Waals surface area contributed by atoms with Crippen LogP contribution in [0.2, 0.25) is 0 Å². The lowest BCUT2D eigenvalue weighted by molar-refractivity contribution is 0.155. The molecule has 0 saturated carbocycles. The van der Waals surface area contributed by atoms with Crippen molar-refractivity contribution in [3.8, 4) is 6.07 Å². The molecule has 78 valence electrons. The van der Waals surface area contributed by atoms with E-state index in [1.807, 2.05) is 13.8 Å². The van der Waals surface area contributed by atoms with E-state index in [-0.39, 0.29) is 0 Å². The number of nitrogens with zero attached hydrogens (tertiary/aromatic N) is 2. The second-order valence-electron chi connectivity index (χ2n) is 4.07. The molecule has 3 heteroatoms. The van der Waals surface area contributed by atoms with Gasteiger partial charge in [-0.3, -0.25) is 4.98 Å². The minimum Gasteiger partial charge on any atom is -0.388 e. The Morgan fingerprint density at radius 3 is 2.80 bits per heavy atom. The molecule has 0 spiro atoms. The molecule has 0 amide bonds. The number of rotatable bonds is 0. The van der Waals surface area contributed by atoms with Crippen LogP contribution in [0.25, 0.3) is 0 Å². The van der Waals surface area contributed by atoms with Crippen molar-refractivity contribution in [2.24, 2.45) is 0 Å². The first-order valence-electron chi connectivity index (χ1n) is 5.23. The minimum absolute atomic E-state index is 0.436. The Morgan fingerprint density at radius 1 is 1.40 bits per heavy atom. The van der Waals surface area contributed by atoms with E-state index in [4.69, 9.17) is 5.26 Å². The van der Waals surface area contributed by atoms with Crippen molar-refractivity contribution in [2.45, 2.75) is 39.2 Å². The monoisotopic (exact) mass is 202 g/mol. The molecular weight excluding hydrogens is 188 g/mol. The summed E-state index contributed by atoms with van der Waals surface area (Å²) in [5, 5.41) is 19.0. The second-order valence-corrected chi connectivity index (χ2v) is 4.07. The van der Waals surface area contributed by atoms with Gasteiger partial charge in [0.2, 0.25) is 0 Å². The lowest BCUT2D eigenvalue weighted by atomic mass is 9.85. The Labute approximate surface area is 89.4 Å². The number of aromatic nitrogens is 1. The molecule has 15 heavy (non-hydrogen) atoms. The summed E-state index contributed by atoms with van der Waals surface area (Å²) in [5.41, 5.74) is 4.22. The first-order valence-corrected chi connectivity index (χ1v) is 5.23. The fraction of sp³-hybridized carbons (Fsp3) is 0.500. The third kappa shape index (κ3) is 1.51. The van der Waals surface area contributed by atoms with Crippen LogP contribution in [0.1, 0.15) is 47.0 Å². The Hall–Kier alpha value is -1.40. The van der Waals surface area contributed by atoms with Crippen LogP contribution in [-0.4, -0.2) is 10.1 Å². The fourth-order valence-electron chi connectivity index (χ4n) is 2.41. The highest BCUT2D eigenvalue weighted by Gasteiger charge is 2.24. The topological polar surface area (TPSA) is 56.9 Å². The zero-order valence-electron chi connectivity index (χ0n) is 9.04. The van der Waals surface area contributed by atoms with Gasteiger partial charge >= 0.3 is 0 Å². The molecule has 0 aromatic carbocycles.